The molecule has 1 aliphatic rings. The van der Waals surface area contributed by atoms with Crippen molar-refractivity contribution < 1.29 is 23.1 Å². The summed E-state index contributed by atoms with van der Waals surface area (Å²) >= 11 is 6.30. The fourth-order valence-corrected chi connectivity index (χ4v) is 3.83. The van der Waals surface area contributed by atoms with Gasteiger partial charge in [0, 0.05) is 11.2 Å². The molecule has 1 saturated heterocycles. The highest BCUT2D eigenvalue weighted by atomic mass is 35.5. The number of aliphatic carboxylic acids is 1. The molecule has 0 amide bonds. The molecular weight excluding hydrogens is 393 g/mol. The first-order chi connectivity index (χ1) is 13.2. The summed E-state index contributed by atoms with van der Waals surface area (Å²) in [6, 6.07) is 5.06. The second kappa shape index (κ2) is 8.09. The van der Waals surface area contributed by atoms with Gasteiger partial charge in [0.1, 0.15) is 6.04 Å². The number of rotatable bonds is 4. The highest BCUT2D eigenvalue weighted by Crippen LogP contribution is 2.39. The van der Waals surface area contributed by atoms with Gasteiger partial charge in [-0.25, -0.2) is 0 Å². The van der Waals surface area contributed by atoms with Gasteiger partial charge in [0.05, 0.1) is 17.3 Å². The van der Waals surface area contributed by atoms with Crippen LogP contribution in [0.3, 0.4) is 0 Å². The van der Waals surface area contributed by atoms with Crippen molar-refractivity contribution in [2.24, 2.45) is 0 Å². The monoisotopic (exact) mass is 412 g/mol. The number of hydrogen-bond acceptors (Lipinski definition) is 3. The van der Waals surface area contributed by atoms with E-state index >= 15 is 0 Å². The molecule has 0 radical (unpaired) electrons. The smallest absolute Gasteiger partial charge is 0.416 e. The Hall–Kier alpha value is -2.12. The molecule has 2 atom stereocenters. The van der Waals surface area contributed by atoms with Crippen molar-refractivity contribution >= 4 is 17.6 Å². The Morgan fingerprint density at radius 3 is 2.64 bits per heavy atom. The zero-order valence-electron chi connectivity index (χ0n) is 15.2. The predicted molar refractivity (Wildman–Crippen MR) is 99.3 cm³/mol. The number of carboxylic acid groups (broad SMARTS) is 1. The van der Waals surface area contributed by atoms with Crippen LogP contribution in [0, 0.1) is 6.92 Å². The van der Waals surface area contributed by atoms with Gasteiger partial charge >= 0.3 is 12.1 Å². The van der Waals surface area contributed by atoms with Gasteiger partial charge < -0.3 is 5.11 Å². The molecule has 2 unspecified atom stereocenters. The van der Waals surface area contributed by atoms with Gasteiger partial charge in [0.25, 0.3) is 0 Å². The van der Waals surface area contributed by atoms with Crippen LogP contribution in [0.5, 0.6) is 0 Å². The summed E-state index contributed by atoms with van der Waals surface area (Å²) in [7, 11) is 0. The third kappa shape index (κ3) is 4.31. The lowest BCUT2D eigenvalue weighted by Gasteiger charge is -2.39. The maximum atomic E-state index is 13.3. The number of nitrogens with zero attached hydrogens (tertiary/aromatic N) is 2. The number of piperidine rings is 1. The van der Waals surface area contributed by atoms with Crippen molar-refractivity contribution in [2.45, 2.75) is 44.4 Å². The number of aryl methyl sites for hydroxylation is 1. The zero-order chi connectivity index (χ0) is 20.5. The van der Waals surface area contributed by atoms with Crippen LogP contribution in [0.1, 0.15) is 47.7 Å². The fraction of sp³-hybridized carbons (Fsp3) is 0.400. The van der Waals surface area contributed by atoms with Crippen molar-refractivity contribution in [3.63, 3.8) is 0 Å². The van der Waals surface area contributed by atoms with Gasteiger partial charge in [0.2, 0.25) is 0 Å². The summed E-state index contributed by atoms with van der Waals surface area (Å²) in [5.74, 6) is -1.00. The molecule has 1 fully saturated rings. The average molecular weight is 413 g/mol. The van der Waals surface area contributed by atoms with E-state index in [9.17, 15) is 23.1 Å². The molecule has 4 nitrogen and oxygen atoms in total. The third-order valence-corrected chi connectivity index (χ3v) is 5.34. The molecular formula is C20H20ClF3N2O2. The third-order valence-electron chi connectivity index (χ3n) is 4.99. The number of halogens is 4. The Balaban J connectivity index is 2.17. The number of carboxylic acids is 1. The molecule has 150 valence electrons. The summed E-state index contributed by atoms with van der Waals surface area (Å²) in [4.78, 5) is 17.9. The number of pyridine rings is 1. The number of aromatic nitrogens is 1. The SMILES string of the molecule is Cc1ccc(C(c2cc(C(F)(F)F)ccc2Cl)N2CCCCC2C(=O)O)nc1. The first-order valence-corrected chi connectivity index (χ1v) is 9.34. The minimum Gasteiger partial charge on any atom is -0.480 e. The molecule has 28 heavy (non-hydrogen) atoms. The lowest BCUT2D eigenvalue weighted by atomic mass is 9.93. The molecule has 2 aromatic rings. The lowest BCUT2D eigenvalue weighted by Crippen LogP contribution is -2.47. The van der Waals surface area contributed by atoms with Crippen LogP contribution in [0.15, 0.2) is 36.5 Å². The molecule has 1 aromatic heterocycles. The van der Waals surface area contributed by atoms with Crippen LogP contribution in [0.2, 0.25) is 5.02 Å². The van der Waals surface area contributed by atoms with E-state index in [0.717, 1.165) is 30.5 Å². The average Bonchev–Trinajstić information content (AvgIpc) is 2.64. The van der Waals surface area contributed by atoms with Crippen LogP contribution in [-0.2, 0) is 11.0 Å². The second-order valence-electron chi connectivity index (χ2n) is 6.98. The topological polar surface area (TPSA) is 53.4 Å². The molecule has 1 aromatic carbocycles. The maximum Gasteiger partial charge on any atom is 0.416 e. The number of hydrogen-bond donors (Lipinski definition) is 1. The Bertz CT molecular complexity index is 856. The van der Waals surface area contributed by atoms with E-state index in [4.69, 9.17) is 11.6 Å². The number of benzene rings is 1. The van der Waals surface area contributed by atoms with Crippen LogP contribution >= 0.6 is 11.6 Å². The van der Waals surface area contributed by atoms with Gasteiger partial charge in [-0.15, -0.1) is 0 Å². The molecule has 0 bridgehead atoms. The molecule has 3 rings (SSSR count). The summed E-state index contributed by atoms with van der Waals surface area (Å²) in [6.45, 7) is 2.29. The van der Waals surface area contributed by atoms with Crippen molar-refractivity contribution in [3.8, 4) is 0 Å². The number of alkyl halides is 3. The van der Waals surface area contributed by atoms with E-state index in [0.29, 0.717) is 18.7 Å². The van der Waals surface area contributed by atoms with Crippen LogP contribution in [0.25, 0.3) is 0 Å². The van der Waals surface area contributed by atoms with Gasteiger partial charge in [-0.1, -0.05) is 24.1 Å². The highest BCUT2D eigenvalue weighted by Gasteiger charge is 2.38. The Morgan fingerprint density at radius 1 is 1.29 bits per heavy atom. The minimum atomic E-state index is -4.53. The molecule has 1 N–H and O–H groups in total. The molecule has 0 saturated carbocycles. The largest absolute Gasteiger partial charge is 0.480 e. The first kappa shape index (κ1) is 20.6. The number of likely N-dealkylation sites (tertiary alicyclic amines) is 1. The van der Waals surface area contributed by atoms with E-state index < -0.39 is 29.8 Å². The zero-order valence-corrected chi connectivity index (χ0v) is 16.0. The highest BCUT2D eigenvalue weighted by molar-refractivity contribution is 6.31. The first-order valence-electron chi connectivity index (χ1n) is 8.96. The standard InChI is InChI=1S/C20H20ClF3N2O2/c1-12-5-8-16(25-11-12)18(26-9-3-2-4-17(26)19(27)28)14-10-13(20(22,23)24)6-7-15(14)21/h5-8,10-11,17-18H,2-4,9H2,1H3,(H,27,28). The van der Waals surface area contributed by atoms with Crippen LogP contribution in [-0.4, -0.2) is 33.5 Å². The fourth-order valence-electron chi connectivity index (χ4n) is 3.61. The summed E-state index contributed by atoms with van der Waals surface area (Å²) < 4.78 is 39.9. The van der Waals surface area contributed by atoms with Crippen LogP contribution < -0.4 is 0 Å². The van der Waals surface area contributed by atoms with Crippen LogP contribution in [0.4, 0.5) is 13.2 Å². The van der Waals surface area contributed by atoms with E-state index in [1.807, 2.05) is 6.92 Å². The molecule has 1 aliphatic heterocycles. The van der Waals surface area contributed by atoms with Gasteiger partial charge in [-0.3, -0.25) is 14.7 Å². The summed E-state index contributed by atoms with van der Waals surface area (Å²) in [5.41, 5.74) is 0.750. The van der Waals surface area contributed by atoms with Crippen molar-refractivity contribution in [1.29, 1.82) is 0 Å². The van der Waals surface area contributed by atoms with E-state index in [1.54, 1.807) is 23.2 Å². The number of carbonyl (C=O) groups is 1. The molecule has 0 aliphatic carbocycles. The minimum absolute atomic E-state index is 0.148. The molecule has 0 spiro atoms. The predicted octanol–water partition coefficient (Wildman–Crippen LogP) is 5.09. The summed E-state index contributed by atoms with van der Waals surface area (Å²) in [5, 5.41) is 9.82. The molecule has 2 heterocycles. The van der Waals surface area contributed by atoms with Crippen molar-refractivity contribution in [1.82, 2.24) is 9.88 Å². The molecule has 8 heteroatoms. The second-order valence-corrected chi connectivity index (χ2v) is 7.39. The van der Waals surface area contributed by atoms with Gasteiger partial charge in [-0.2, -0.15) is 13.2 Å². The van der Waals surface area contributed by atoms with E-state index in [1.165, 1.54) is 6.07 Å². The van der Waals surface area contributed by atoms with E-state index in [-0.39, 0.29) is 10.6 Å². The van der Waals surface area contributed by atoms with Gasteiger partial charge in [0.15, 0.2) is 0 Å². The van der Waals surface area contributed by atoms with Crippen molar-refractivity contribution in [3.05, 3.63) is 63.9 Å². The quantitative estimate of drug-likeness (QED) is 0.759. The Morgan fingerprint density at radius 2 is 2.04 bits per heavy atom. The maximum absolute atomic E-state index is 13.3. The van der Waals surface area contributed by atoms with Gasteiger partial charge in [-0.05, 0) is 61.7 Å². The normalized spacial score (nSPS) is 19.4. The Labute approximate surface area is 166 Å². The van der Waals surface area contributed by atoms with E-state index in [2.05, 4.69) is 4.98 Å². The lowest BCUT2D eigenvalue weighted by molar-refractivity contribution is -0.145. The Kier molecular flexibility index (Phi) is 5.95. The van der Waals surface area contributed by atoms with Crippen molar-refractivity contribution in [2.75, 3.05) is 6.54 Å². The summed E-state index contributed by atoms with van der Waals surface area (Å²) in [6.07, 6.45) is -0.989.